The van der Waals surface area contributed by atoms with E-state index in [1.54, 1.807) is 30.5 Å². The number of rotatable bonds is 10. The molecular weight excluding hydrogens is 828 g/mol. The molecule has 0 unspecified atom stereocenters. The number of halogens is 6. The van der Waals surface area contributed by atoms with E-state index in [1.165, 1.54) is 18.2 Å². The highest BCUT2D eigenvalue weighted by molar-refractivity contribution is 6.32. The van der Waals surface area contributed by atoms with Crippen molar-refractivity contribution in [3.05, 3.63) is 209 Å². The van der Waals surface area contributed by atoms with E-state index in [1.807, 2.05) is 121 Å². The van der Waals surface area contributed by atoms with Gasteiger partial charge in [0.05, 0.1) is 12.1 Å². The second-order valence-corrected chi connectivity index (χ2v) is 14.2. The van der Waals surface area contributed by atoms with Crippen LogP contribution in [-0.2, 0) is 9.63 Å². The summed E-state index contributed by atoms with van der Waals surface area (Å²) in [6, 6.07) is 45.5. The van der Waals surface area contributed by atoms with Gasteiger partial charge in [-0.3, -0.25) is 0 Å². The van der Waals surface area contributed by atoms with E-state index >= 15 is 0 Å². The van der Waals surface area contributed by atoms with Crippen molar-refractivity contribution in [2.24, 2.45) is 10.9 Å². The molecule has 0 fully saturated rings. The monoisotopic (exact) mass is 865 g/mol. The largest absolute Gasteiger partial charge is 0.400 e. The van der Waals surface area contributed by atoms with Crippen LogP contribution in [-0.4, -0.2) is 46.8 Å². The van der Waals surface area contributed by atoms with Gasteiger partial charge < -0.3 is 20.5 Å². The number of carbonyl (C=O) groups is 1. The third kappa shape index (κ3) is 15.6. The van der Waals surface area contributed by atoms with Crippen LogP contribution >= 0.6 is 69.6 Å². The maximum absolute atomic E-state index is 11.2. The fraction of sp³-hybridized carbons (Fsp3) is 0.136. The SMILES string of the molecule is CO.CO/N=C/C(c1ccc(Cl)cc1)c1ccc(Cl)cc1.NCC(c1ccc(Cl)cc1)c1ccc(Cl)cc1.O=CC(c1ccc(Cl)cc1)c1ccc(Cl)cc1.[B]. The average Bonchev–Trinajstić information content (AvgIpc) is 3.21. The molecule has 5 nitrogen and oxygen atoms in total. The van der Waals surface area contributed by atoms with Crippen LogP contribution in [0.3, 0.4) is 0 Å². The third-order valence-electron chi connectivity index (χ3n) is 8.15. The molecule has 289 valence electrons. The summed E-state index contributed by atoms with van der Waals surface area (Å²) >= 11 is 35.2. The molecule has 0 bridgehead atoms. The van der Waals surface area contributed by atoms with Crippen LogP contribution in [0.15, 0.2) is 151 Å². The number of nitrogens with two attached hydrogens (primary N) is 1. The highest BCUT2D eigenvalue weighted by atomic mass is 35.5. The van der Waals surface area contributed by atoms with Crippen molar-refractivity contribution < 1.29 is 14.7 Å². The number of carbonyl (C=O) groups excluding carboxylic acids is 1. The molecule has 0 atom stereocenters. The summed E-state index contributed by atoms with van der Waals surface area (Å²) in [5.41, 5.74) is 12.2. The second-order valence-electron chi connectivity index (χ2n) is 11.6. The maximum Gasteiger partial charge on any atom is 0.131 e. The number of hydrogen-bond acceptors (Lipinski definition) is 5. The van der Waals surface area contributed by atoms with Gasteiger partial charge in [-0.1, -0.05) is 148 Å². The minimum atomic E-state index is -0.274. The molecule has 56 heavy (non-hydrogen) atoms. The molecule has 0 saturated heterocycles. The van der Waals surface area contributed by atoms with Crippen LogP contribution in [0.2, 0.25) is 30.1 Å². The molecule has 6 rings (SSSR count). The van der Waals surface area contributed by atoms with Crippen LogP contribution in [0.1, 0.15) is 51.1 Å². The summed E-state index contributed by atoms with van der Waals surface area (Å²) in [7, 11) is 2.53. The zero-order valence-electron chi connectivity index (χ0n) is 30.6. The second kappa shape index (κ2) is 26.2. The molecule has 0 saturated carbocycles. The van der Waals surface area contributed by atoms with Crippen LogP contribution in [0.4, 0.5) is 0 Å². The molecule has 0 aromatic heterocycles. The number of benzene rings is 6. The lowest BCUT2D eigenvalue weighted by Gasteiger charge is -2.16. The van der Waals surface area contributed by atoms with Gasteiger partial charge in [-0.2, -0.15) is 0 Å². The Balaban J connectivity index is 0.000000282. The van der Waals surface area contributed by atoms with E-state index in [0.717, 1.165) is 45.7 Å². The van der Waals surface area contributed by atoms with Crippen molar-refractivity contribution in [3.8, 4) is 0 Å². The fourth-order valence-electron chi connectivity index (χ4n) is 5.37. The molecule has 0 aliphatic heterocycles. The Kier molecular flexibility index (Phi) is 22.6. The average molecular weight is 868 g/mol. The first kappa shape index (κ1) is 48.3. The number of aliphatic hydroxyl groups is 1. The molecule has 6 aromatic rings. The van der Waals surface area contributed by atoms with Crippen molar-refractivity contribution in [3.63, 3.8) is 0 Å². The molecule has 3 radical (unpaired) electrons. The van der Waals surface area contributed by atoms with Crippen LogP contribution in [0, 0.1) is 0 Å². The minimum absolute atomic E-state index is 0. The van der Waals surface area contributed by atoms with Gasteiger partial charge in [0, 0.05) is 64.0 Å². The third-order valence-corrected chi connectivity index (χ3v) is 9.66. The standard InChI is InChI=1S/C15H13Cl2NO.C14H13Cl2N.C14H10Cl2O.CH4O.B/c1-19-18-10-15(11-2-6-13(16)7-3-11)12-4-8-14(17)9-5-12;2*15-12-5-1-10(2-6-12)14(9-17)11-3-7-13(16)8-4-11;1-2;/h2-10,15H,1H3;1-8,14H,9,17H2;1-9,14H;2H,1H3;/b18-10+;;;;. The first-order valence-electron chi connectivity index (χ1n) is 16.8. The summed E-state index contributed by atoms with van der Waals surface area (Å²) in [6.45, 7) is 0.559. The Morgan fingerprint density at radius 1 is 0.500 bits per heavy atom. The van der Waals surface area contributed by atoms with Crippen molar-refractivity contribution in [2.75, 3.05) is 20.8 Å². The number of aliphatic hydroxyl groups excluding tert-OH is 1. The summed E-state index contributed by atoms with van der Waals surface area (Å²) in [5, 5.41) is 15.1. The van der Waals surface area contributed by atoms with Crippen molar-refractivity contribution in [1.29, 1.82) is 0 Å². The number of nitrogens with zero attached hydrogens (tertiary/aromatic N) is 1. The first-order chi connectivity index (χ1) is 26.6. The van der Waals surface area contributed by atoms with Gasteiger partial charge in [0.1, 0.15) is 13.4 Å². The summed E-state index contributed by atoms with van der Waals surface area (Å²) in [5.74, 6) is -0.0800. The quantitative estimate of drug-likeness (QED) is 0.0622. The molecular formula is C44H40BCl6N2O3. The van der Waals surface area contributed by atoms with Crippen molar-refractivity contribution in [1.82, 2.24) is 0 Å². The lowest BCUT2D eigenvalue weighted by molar-refractivity contribution is -0.108. The van der Waals surface area contributed by atoms with Gasteiger partial charge in [0.15, 0.2) is 0 Å². The lowest BCUT2D eigenvalue weighted by atomic mass is 9.91. The lowest BCUT2D eigenvalue weighted by Crippen LogP contribution is -2.13. The molecule has 0 aliphatic carbocycles. The van der Waals surface area contributed by atoms with Gasteiger partial charge in [-0.15, -0.1) is 0 Å². The Morgan fingerprint density at radius 2 is 0.732 bits per heavy atom. The van der Waals surface area contributed by atoms with Crippen molar-refractivity contribution in [2.45, 2.75) is 17.8 Å². The van der Waals surface area contributed by atoms with E-state index in [0.29, 0.717) is 26.6 Å². The molecule has 0 heterocycles. The van der Waals surface area contributed by atoms with E-state index in [-0.39, 0.29) is 26.2 Å². The van der Waals surface area contributed by atoms with Gasteiger partial charge in [0.25, 0.3) is 0 Å². The maximum atomic E-state index is 11.2. The highest BCUT2D eigenvalue weighted by Gasteiger charge is 2.14. The van der Waals surface area contributed by atoms with E-state index in [4.69, 9.17) is 85.3 Å². The van der Waals surface area contributed by atoms with Crippen LogP contribution < -0.4 is 5.73 Å². The number of aldehydes is 1. The summed E-state index contributed by atoms with van der Waals surface area (Å²) < 4.78 is 0. The first-order valence-corrected chi connectivity index (χ1v) is 19.1. The van der Waals surface area contributed by atoms with Crippen molar-refractivity contribution >= 4 is 90.5 Å². The summed E-state index contributed by atoms with van der Waals surface area (Å²) in [6.07, 6.45) is 2.68. The normalized spacial score (nSPS) is 10.4. The Labute approximate surface area is 361 Å². The highest BCUT2D eigenvalue weighted by Crippen LogP contribution is 2.28. The van der Waals surface area contributed by atoms with Crippen LogP contribution in [0.25, 0.3) is 0 Å². The minimum Gasteiger partial charge on any atom is -0.400 e. The van der Waals surface area contributed by atoms with Gasteiger partial charge in [0.2, 0.25) is 0 Å². The Bertz CT molecular complexity index is 1880. The van der Waals surface area contributed by atoms with E-state index in [2.05, 4.69) is 5.16 Å². The molecule has 0 amide bonds. The predicted molar refractivity (Wildman–Crippen MR) is 239 cm³/mol. The Hall–Kier alpha value is -3.82. The fourth-order valence-corrected chi connectivity index (χ4v) is 6.13. The molecule has 3 N–H and O–H groups in total. The smallest absolute Gasteiger partial charge is 0.131 e. The zero-order chi connectivity index (χ0) is 40.2. The van der Waals surface area contributed by atoms with E-state index < -0.39 is 0 Å². The van der Waals surface area contributed by atoms with Gasteiger partial charge in [-0.05, 0) is 106 Å². The summed E-state index contributed by atoms with van der Waals surface area (Å²) in [4.78, 5) is 16.0. The van der Waals surface area contributed by atoms with Gasteiger partial charge in [-0.25, -0.2) is 0 Å². The molecule has 0 aliphatic rings. The topological polar surface area (TPSA) is 84.9 Å². The number of hydrogen-bond donors (Lipinski definition) is 2. The molecule has 6 aromatic carbocycles. The predicted octanol–water partition coefficient (Wildman–Crippen LogP) is 12.4. The number of oxime groups is 1. The molecule has 12 heteroatoms. The van der Waals surface area contributed by atoms with E-state index in [9.17, 15) is 4.79 Å². The molecule has 0 spiro atoms. The van der Waals surface area contributed by atoms with Gasteiger partial charge >= 0.3 is 0 Å². The zero-order valence-corrected chi connectivity index (χ0v) is 35.1. The Morgan fingerprint density at radius 3 is 0.946 bits per heavy atom. The van der Waals surface area contributed by atoms with Crippen LogP contribution in [0.5, 0.6) is 0 Å².